The lowest BCUT2D eigenvalue weighted by molar-refractivity contribution is 0.538. The van der Waals surface area contributed by atoms with Crippen LogP contribution in [-0.2, 0) is 6.54 Å². The molecule has 1 heterocycles. The van der Waals surface area contributed by atoms with Gasteiger partial charge in [-0.2, -0.15) is 0 Å². The topological polar surface area (TPSA) is 42.7 Å². The predicted octanol–water partition coefficient (Wildman–Crippen LogP) is 2.91. The molecule has 0 radical (unpaired) electrons. The van der Waals surface area contributed by atoms with E-state index in [0.717, 1.165) is 12.2 Å². The van der Waals surface area contributed by atoms with Gasteiger partial charge in [0.25, 0.3) is 0 Å². The number of halogens is 2. The highest BCUT2D eigenvalue weighted by molar-refractivity contribution is 9.10. The van der Waals surface area contributed by atoms with Crippen molar-refractivity contribution in [3.63, 3.8) is 0 Å². The van der Waals surface area contributed by atoms with Crippen molar-refractivity contribution in [3.8, 4) is 5.69 Å². The maximum Gasteiger partial charge on any atom is 0.150 e. The molecule has 0 unspecified atom stereocenters. The van der Waals surface area contributed by atoms with E-state index in [2.05, 4.69) is 45.4 Å². The molecule has 0 saturated heterocycles. The molecule has 0 saturated carbocycles. The molecule has 0 spiro atoms. The van der Waals surface area contributed by atoms with E-state index in [9.17, 15) is 4.39 Å². The lowest BCUT2D eigenvalue weighted by Gasteiger charge is -2.10. The third kappa shape index (κ3) is 3.61. The summed E-state index contributed by atoms with van der Waals surface area (Å²) >= 11 is 3.24. The average Bonchev–Trinajstić information content (AvgIpc) is 2.77. The second-order valence-corrected chi connectivity index (χ2v) is 5.67. The van der Waals surface area contributed by atoms with Crippen LogP contribution in [0.1, 0.15) is 19.5 Å². The molecule has 1 N–H and O–H groups in total. The standard InChI is InChI=1S/C13H16BrFN4/c1-9(2)6-16-7-11-8-17-18-19(11)13-4-3-10(14)5-12(13)15/h3-5,8-9,16H,6-7H2,1-2H3. The molecule has 2 aromatic rings. The van der Waals surface area contributed by atoms with Crippen molar-refractivity contribution in [2.45, 2.75) is 20.4 Å². The maximum atomic E-state index is 13.9. The Morgan fingerprint density at radius 2 is 2.21 bits per heavy atom. The third-order valence-electron chi connectivity index (χ3n) is 2.62. The fourth-order valence-electron chi connectivity index (χ4n) is 1.72. The molecule has 1 aromatic heterocycles. The highest BCUT2D eigenvalue weighted by Crippen LogP contribution is 2.19. The zero-order chi connectivity index (χ0) is 13.8. The van der Waals surface area contributed by atoms with Crippen LogP contribution in [0.3, 0.4) is 0 Å². The maximum absolute atomic E-state index is 13.9. The minimum atomic E-state index is -0.329. The van der Waals surface area contributed by atoms with Crippen LogP contribution in [0.15, 0.2) is 28.9 Å². The van der Waals surface area contributed by atoms with E-state index in [1.54, 1.807) is 18.3 Å². The number of hydrogen-bond acceptors (Lipinski definition) is 3. The van der Waals surface area contributed by atoms with Gasteiger partial charge in [0.05, 0.1) is 11.9 Å². The van der Waals surface area contributed by atoms with E-state index in [1.165, 1.54) is 10.7 Å². The summed E-state index contributed by atoms with van der Waals surface area (Å²) in [5, 5.41) is 11.1. The molecule has 0 bridgehead atoms. The molecule has 0 aliphatic rings. The first-order valence-corrected chi connectivity index (χ1v) is 6.93. The Morgan fingerprint density at radius 3 is 2.89 bits per heavy atom. The van der Waals surface area contributed by atoms with Gasteiger partial charge in [0.15, 0.2) is 0 Å². The SMILES string of the molecule is CC(C)CNCc1cnnn1-c1ccc(Br)cc1F. The minimum absolute atomic E-state index is 0.329. The fourth-order valence-corrected chi connectivity index (χ4v) is 2.05. The van der Waals surface area contributed by atoms with Crippen molar-refractivity contribution in [3.05, 3.63) is 40.4 Å². The quantitative estimate of drug-likeness (QED) is 0.918. The summed E-state index contributed by atoms with van der Waals surface area (Å²) in [5.41, 5.74) is 1.24. The van der Waals surface area contributed by atoms with E-state index in [4.69, 9.17) is 0 Å². The van der Waals surface area contributed by atoms with E-state index in [-0.39, 0.29) is 5.82 Å². The van der Waals surface area contributed by atoms with Crippen LogP contribution in [-0.4, -0.2) is 21.5 Å². The molecule has 1 aromatic carbocycles. The van der Waals surface area contributed by atoms with Gasteiger partial charge in [-0.05, 0) is 30.7 Å². The van der Waals surface area contributed by atoms with E-state index < -0.39 is 0 Å². The van der Waals surface area contributed by atoms with E-state index in [1.807, 2.05) is 0 Å². The number of nitrogens with one attached hydrogen (secondary N) is 1. The second-order valence-electron chi connectivity index (χ2n) is 4.76. The van der Waals surface area contributed by atoms with Gasteiger partial charge in [-0.25, -0.2) is 9.07 Å². The van der Waals surface area contributed by atoms with Crippen LogP contribution < -0.4 is 5.32 Å². The van der Waals surface area contributed by atoms with Gasteiger partial charge in [-0.15, -0.1) is 5.10 Å². The number of hydrogen-bond donors (Lipinski definition) is 1. The fraction of sp³-hybridized carbons (Fsp3) is 0.385. The van der Waals surface area contributed by atoms with Gasteiger partial charge in [-0.1, -0.05) is 35.0 Å². The molecule has 4 nitrogen and oxygen atoms in total. The normalized spacial score (nSPS) is 11.2. The predicted molar refractivity (Wildman–Crippen MR) is 75.6 cm³/mol. The summed E-state index contributed by atoms with van der Waals surface area (Å²) in [6.45, 7) is 5.78. The highest BCUT2D eigenvalue weighted by Gasteiger charge is 2.11. The third-order valence-corrected chi connectivity index (χ3v) is 3.11. The Bertz CT molecular complexity index is 553. The number of benzene rings is 1. The molecule has 0 fully saturated rings. The number of rotatable bonds is 5. The second kappa shape index (κ2) is 6.25. The summed E-state index contributed by atoms with van der Waals surface area (Å²) in [7, 11) is 0. The molecule has 102 valence electrons. The number of nitrogens with zero attached hydrogens (tertiary/aromatic N) is 3. The van der Waals surface area contributed by atoms with Crippen LogP contribution in [0.2, 0.25) is 0 Å². The Balaban J connectivity index is 2.19. The summed E-state index contributed by atoms with van der Waals surface area (Å²) in [6, 6.07) is 4.88. The molecule has 0 aliphatic heterocycles. The molecule has 6 heteroatoms. The first kappa shape index (κ1) is 14.1. The molecule has 0 atom stereocenters. The first-order valence-electron chi connectivity index (χ1n) is 6.13. The zero-order valence-electron chi connectivity index (χ0n) is 10.9. The van der Waals surface area contributed by atoms with Crippen molar-refractivity contribution in [2.24, 2.45) is 5.92 Å². The smallest absolute Gasteiger partial charge is 0.150 e. The molecule has 2 rings (SSSR count). The Labute approximate surface area is 120 Å². The summed E-state index contributed by atoms with van der Waals surface area (Å²) < 4.78 is 16.1. The Hall–Kier alpha value is -1.27. The summed E-state index contributed by atoms with van der Waals surface area (Å²) in [4.78, 5) is 0. The zero-order valence-corrected chi connectivity index (χ0v) is 12.5. The van der Waals surface area contributed by atoms with Gasteiger partial charge in [0.2, 0.25) is 0 Å². The minimum Gasteiger partial charge on any atom is -0.311 e. The van der Waals surface area contributed by atoms with Gasteiger partial charge in [0.1, 0.15) is 11.5 Å². The van der Waals surface area contributed by atoms with Crippen molar-refractivity contribution < 1.29 is 4.39 Å². The van der Waals surface area contributed by atoms with Crippen LogP contribution >= 0.6 is 15.9 Å². The van der Waals surface area contributed by atoms with Crippen molar-refractivity contribution in [2.75, 3.05) is 6.54 Å². The van der Waals surface area contributed by atoms with Gasteiger partial charge in [-0.3, -0.25) is 0 Å². The van der Waals surface area contributed by atoms with Gasteiger partial charge < -0.3 is 5.32 Å². The lowest BCUT2D eigenvalue weighted by atomic mass is 10.2. The molecular formula is C13H16BrFN4. The molecule has 0 amide bonds. The summed E-state index contributed by atoms with van der Waals surface area (Å²) in [5.74, 6) is 0.235. The van der Waals surface area contributed by atoms with Crippen LogP contribution in [0.4, 0.5) is 4.39 Å². The van der Waals surface area contributed by atoms with Gasteiger partial charge >= 0.3 is 0 Å². The Morgan fingerprint density at radius 1 is 1.42 bits per heavy atom. The largest absolute Gasteiger partial charge is 0.311 e. The van der Waals surface area contributed by atoms with Crippen molar-refractivity contribution >= 4 is 15.9 Å². The monoisotopic (exact) mass is 326 g/mol. The number of aromatic nitrogens is 3. The van der Waals surface area contributed by atoms with E-state index in [0.29, 0.717) is 22.6 Å². The molecular weight excluding hydrogens is 311 g/mol. The average molecular weight is 327 g/mol. The van der Waals surface area contributed by atoms with Crippen LogP contribution in [0.25, 0.3) is 5.69 Å². The molecule has 0 aliphatic carbocycles. The van der Waals surface area contributed by atoms with E-state index >= 15 is 0 Å². The molecule has 19 heavy (non-hydrogen) atoms. The van der Waals surface area contributed by atoms with Crippen molar-refractivity contribution in [1.82, 2.24) is 20.3 Å². The summed E-state index contributed by atoms with van der Waals surface area (Å²) in [6.07, 6.45) is 1.65. The lowest BCUT2D eigenvalue weighted by Crippen LogP contribution is -2.21. The van der Waals surface area contributed by atoms with Crippen molar-refractivity contribution in [1.29, 1.82) is 0 Å². The van der Waals surface area contributed by atoms with Crippen LogP contribution in [0.5, 0.6) is 0 Å². The first-order chi connectivity index (χ1) is 9.08. The van der Waals surface area contributed by atoms with Gasteiger partial charge in [0, 0.05) is 11.0 Å². The Kier molecular flexibility index (Phi) is 4.66. The highest BCUT2D eigenvalue weighted by atomic mass is 79.9. The van der Waals surface area contributed by atoms with Crippen LogP contribution in [0, 0.1) is 11.7 Å².